The number of rotatable bonds is 11. The van der Waals surface area contributed by atoms with Crippen LogP contribution in [0, 0.1) is 6.92 Å². The predicted octanol–water partition coefficient (Wildman–Crippen LogP) is 16.6. The first-order valence-electron chi connectivity index (χ1n) is 27.5. The van der Waals surface area contributed by atoms with Crippen LogP contribution in [-0.2, 0) is 53.1 Å². The number of esters is 1. The first kappa shape index (κ1) is 64.7. The number of aromatic nitrogens is 3. The van der Waals surface area contributed by atoms with Crippen LogP contribution in [-0.4, -0.2) is 95.3 Å². The number of halogens is 4. The van der Waals surface area contributed by atoms with Gasteiger partial charge in [0.15, 0.2) is 0 Å². The molecule has 7 rings (SSSR count). The molecule has 80 heavy (non-hydrogen) atoms. The Hall–Kier alpha value is -4.42. The molecule has 3 aromatic heterocycles. The molecule has 0 N–H and O–H groups in total. The maximum atomic E-state index is 14.6. The van der Waals surface area contributed by atoms with Gasteiger partial charge in [0.05, 0.1) is 37.3 Å². The Balaban J connectivity index is 0.000000266. The quantitative estimate of drug-likeness (QED) is 0.118. The number of nitrogens with zero attached hydrogens (tertiary/aromatic N) is 5. The van der Waals surface area contributed by atoms with Crippen molar-refractivity contribution >= 4 is 75.2 Å². The zero-order valence-corrected chi connectivity index (χ0v) is 54.3. The largest absolute Gasteiger partial charge is 0.496 e. The van der Waals surface area contributed by atoms with Crippen molar-refractivity contribution in [3.63, 3.8) is 0 Å². The molecule has 0 saturated carbocycles. The molecular weight excluding hydrogens is 1120 g/mol. The van der Waals surface area contributed by atoms with E-state index in [0.29, 0.717) is 47.7 Å². The third kappa shape index (κ3) is 15.2. The average Bonchev–Trinajstić information content (AvgIpc) is 4.09. The summed E-state index contributed by atoms with van der Waals surface area (Å²) < 4.78 is 52.4. The number of aryl methyl sites for hydroxylation is 1. The van der Waals surface area contributed by atoms with Crippen molar-refractivity contribution in [1.29, 1.82) is 0 Å². The lowest BCUT2D eigenvalue weighted by Crippen LogP contribution is -2.41. The molecule has 2 aliphatic heterocycles. The molecule has 0 bridgehead atoms. The number of piperidine rings is 2. The molecule has 2 aromatic carbocycles. The molecule has 2 fully saturated rings. The zero-order chi connectivity index (χ0) is 59.8. The number of carbonyl (C=O) groups excluding carboxylic acids is 3. The summed E-state index contributed by atoms with van der Waals surface area (Å²) in [4.78, 5) is 55.1. The Labute approximate surface area is 495 Å². The summed E-state index contributed by atoms with van der Waals surface area (Å²) in [5.74, 6) is -3.43. The summed E-state index contributed by atoms with van der Waals surface area (Å²) in [5, 5.41) is 2.23. The van der Waals surface area contributed by atoms with Crippen molar-refractivity contribution in [1.82, 2.24) is 24.8 Å². The number of amides is 2. The summed E-state index contributed by atoms with van der Waals surface area (Å²) in [5.41, 5.74) is 6.42. The number of carbonyl (C=O) groups is 3. The summed E-state index contributed by atoms with van der Waals surface area (Å²) in [6.07, 6.45) is 2.78. The second-order valence-electron chi connectivity index (χ2n) is 25.9. The van der Waals surface area contributed by atoms with Gasteiger partial charge in [-0.05, 0) is 106 Å². The highest BCUT2D eigenvalue weighted by atomic mass is 35.5. The van der Waals surface area contributed by atoms with Gasteiger partial charge < -0.3 is 28.7 Å². The van der Waals surface area contributed by atoms with Crippen molar-refractivity contribution in [2.45, 2.75) is 195 Å². The van der Waals surface area contributed by atoms with Crippen LogP contribution in [0.5, 0.6) is 11.5 Å². The fourth-order valence-corrected chi connectivity index (χ4v) is 13.6. The van der Waals surface area contributed by atoms with Gasteiger partial charge in [-0.25, -0.2) is 24.5 Å². The third-order valence-electron chi connectivity index (χ3n) is 14.2. The zero-order valence-electron chi connectivity index (χ0n) is 50.4. The van der Waals surface area contributed by atoms with Crippen LogP contribution in [0.2, 0.25) is 8.67 Å². The van der Waals surface area contributed by atoms with Crippen molar-refractivity contribution in [2.24, 2.45) is 0 Å². The highest BCUT2D eigenvalue weighted by molar-refractivity contribution is 7.16. The minimum Gasteiger partial charge on any atom is -0.496 e. The minimum atomic E-state index is -3.86. The second kappa shape index (κ2) is 24.8. The van der Waals surface area contributed by atoms with Crippen LogP contribution >= 0.6 is 57.2 Å². The van der Waals surface area contributed by atoms with E-state index < -0.39 is 23.2 Å². The SMILES string of the molecule is CCOC(=O)C(F)(F)c1nc(CC(=O)N2CCC(c3nc(-c4cc(C(C)(C)C)c(OC)c(C(C)(C)C)c4)c(Cl)s3)CC2)sc1C.COc1c(C(C)(C)C)cc(-c2nc(C3CCN(C(=O)OC(C)(C)C)CC3)sc2Cl)cc1C(C)(C)C. The van der Waals surface area contributed by atoms with Gasteiger partial charge in [0.1, 0.15) is 47.9 Å². The van der Waals surface area contributed by atoms with Gasteiger partial charge in [0.25, 0.3) is 0 Å². The van der Waals surface area contributed by atoms with Crippen molar-refractivity contribution in [3.8, 4) is 34.0 Å². The van der Waals surface area contributed by atoms with E-state index in [2.05, 4.69) is 117 Å². The normalized spacial score (nSPS) is 15.4. The number of hydrogen-bond acceptors (Lipinski definition) is 13. The maximum absolute atomic E-state index is 14.6. The molecule has 5 aromatic rings. The fraction of sp³-hybridized carbons (Fsp3) is 0.607. The molecule has 19 heteroatoms. The number of likely N-dealkylation sites (tertiary alicyclic amines) is 2. The fourth-order valence-electron chi connectivity index (χ4n) is 9.93. The molecule has 440 valence electrons. The van der Waals surface area contributed by atoms with Crippen LogP contribution in [0.4, 0.5) is 13.6 Å². The molecule has 0 atom stereocenters. The predicted molar refractivity (Wildman–Crippen MR) is 322 cm³/mol. The number of hydrogen-bond donors (Lipinski definition) is 0. The highest BCUT2D eigenvalue weighted by Crippen LogP contribution is 2.48. The topological polar surface area (TPSA) is 133 Å². The molecule has 0 unspecified atom stereocenters. The summed E-state index contributed by atoms with van der Waals surface area (Å²) >= 11 is 17.7. The number of benzene rings is 2. The lowest BCUT2D eigenvalue weighted by molar-refractivity contribution is -0.173. The Bertz CT molecular complexity index is 2960. The number of ether oxygens (including phenoxy) is 4. The van der Waals surface area contributed by atoms with Gasteiger partial charge in [-0.3, -0.25) is 4.79 Å². The number of methoxy groups -OCH3 is 2. The summed E-state index contributed by atoms with van der Waals surface area (Å²) in [6, 6.07) is 8.64. The molecule has 12 nitrogen and oxygen atoms in total. The molecule has 2 aliphatic rings. The molecule has 5 heterocycles. The van der Waals surface area contributed by atoms with E-state index in [1.54, 1.807) is 35.4 Å². The smallest absolute Gasteiger partial charge is 0.410 e. The molecule has 2 amide bonds. The standard InChI is InChI=1S/C33H42ClF2N3O4S2.C28H41ClN2O3S/c1-10-43-30(41)33(35,36)27-18(2)44-23(37-27)17-24(40)39-13-11-19(12-14-39)29-38-25(28(34)45-29)20-15-21(31(3,4)5)26(42-9)22(16-20)32(6,7)8;1-26(2,3)19-15-18(16-20(22(19)33-10)27(4,5)6)21-23(29)35-24(30-21)17-11-13-31(14-12-17)25(32)34-28(7,8)9/h15-16,19H,10-14,17H2,1-9H3;15-17H,11-14H2,1-10H3. The summed E-state index contributed by atoms with van der Waals surface area (Å²) in [7, 11) is 3.46. The molecule has 0 spiro atoms. The van der Waals surface area contributed by atoms with Gasteiger partial charge in [0, 0.05) is 76.3 Å². The maximum Gasteiger partial charge on any atom is 0.410 e. The van der Waals surface area contributed by atoms with Crippen LogP contribution < -0.4 is 9.47 Å². The number of thiazole rings is 3. The van der Waals surface area contributed by atoms with E-state index in [1.165, 1.54) is 25.2 Å². The Morgan fingerprint density at radius 3 is 1.32 bits per heavy atom. The first-order chi connectivity index (χ1) is 36.9. The van der Waals surface area contributed by atoms with E-state index in [0.717, 1.165) is 90.5 Å². The second-order valence-corrected chi connectivity index (χ2v) is 30.5. The van der Waals surface area contributed by atoms with Crippen LogP contribution in [0.25, 0.3) is 22.5 Å². The van der Waals surface area contributed by atoms with Gasteiger partial charge >= 0.3 is 18.0 Å². The molecule has 0 radical (unpaired) electrons. The highest BCUT2D eigenvalue weighted by Gasteiger charge is 2.47. The van der Waals surface area contributed by atoms with Gasteiger partial charge in [-0.1, -0.05) is 106 Å². The van der Waals surface area contributed by atoms with Crippen molar-refractivity contribution in [3.05, 3.63) is 80.8 Å². The third-order valence-corrected chi connectivity index (χ3v) is 18.0. The van der Waals surface area contributed by atoms with Gasteiger partial charge in [-0.15, -0.1) is 34.0 Å². The van der Waals surface area contributed by atoms with Crippen LogP contribution in [0.3, 0.4) is 0 Å². The molecule has 2 saturated heterocycles. The Morgan fingerprint density at radius 2 is 0.988 bits per heavy atom. The monoisotopic (exact) mass is 1200 g/mol. The van der Waals surface area contributed by atoms with E-state index in [1.807, 2.05) is 20.8 Å². The van der Waals surface area contributed by atoms with Crippen LogP contribution in [0.15, 0.2) is 24.3 Å². The Morgan fingerprint density at radius 1 is 0.613 bits per heavy atom. The van der Waals surface area contributed by atoms with E-state index >= 15 is 0 Å². The van der Waals surface area contributed by atoms with E-state index in [-0.39, 0.29) is 68.4 Å². The van der Waals surface area contributed by atoms with E-state index in [9.17, 15) is 23.2 Å². The van der Waals surface area contributed by atoms with Crippen molar-refractivity contribution < 1.29 is 42.1 Å². The van der Waals surface area contributed by atoms with Crippen molar-refractivity contribution in [2.75, 3.05) is 47.0 Å². The lowest BCUT2D eigenvalue weighted by atomic mass is 9.78. The number of alkyl halides is 2. The minimum absolute atomic E-state index is 0.0961. The van der Waals surface area contributed by atoms with Gasteiger partial charge in [0.2, 0.25) is 5.91 Å². The first-order valence-corrected chi connectivity index (χ1v) is 30.7. The van der Waals surface area contributed by atoms with E-state index in [4.69, 9.17) is 47.4 Å². The lowest BCUT2D eigenvalue weighted by Gasteiger charge is -2.32. The molecular formula is C61H83Cl2F2N5O7S3. The van der Waals surface area contributed by atoms with Gasteiger partial charge in [-0.2, -0.15) is 8.78 Å². The Kier molecular flexibility index (Phi) is 20.1. The average molecular weight is 1200 g/mol. The van der Waals surface area contributed by atoms with Crippen LogP contribution in [0.1, 0.15) is 196 Å². The molecule has 0 aliphatic carbocycles. The summed E-state index contributed by atoms with van der Waals surface area (Å²) in [6.45, 7) is 37.0.